The number of hydrogen-bond acceptors (Lipinski definition) is 7. The Hall–Kier alpha value is -4.73. The lowest BCUT2D eigenvalue weighted by molar-refractivity contribution is 0.0695. The number of aromatic carboxylic acids is 1. The van der Waals surface area contributed by atoms with Crippen LogP contribution in [0.4, 0.5) is 0 Å². The van der Waals surface area contributed by atoms with Crippen LogP contribution in [0.5, 0.6) is 17.4 Å². The second kappa shape index (κ2) is 11.2. The predicted octanol–water partition coefficient (Wildman–Crippen LogP) is 4.65. The zero-order chi connectivity index (χ0) is 29.2. The molecule has 208 valence electrons. The first-order valence-corrected chi connectivity index (χ1v) is 12.8. The summed E-state index contributed by atoms with van der Waals surface area (Å²) in [4.78, 5) is 42.7. The summed E-state index contributed by atoms with van der Waals surface area (Å²) in [6, 6.07) is 11.5. The van der Waals surface area contributed by atoms with Crippen molar-refractivity contribution < 1.29 is 29.0 Å². The Morgan fingerprint density at radius 1 is 1.07 bits per heavy atom. The molecule has 10 nitrogen and oxygen atoms in total. The van der Waals surface area contributed by atoms with E-state index in [1.807, 2.05) is 27.7 Å². The third-order valence-corrected chi connectivity index (χ3v) is 6.55. The minimum atomic E-state index is -1.08. The maximum atomic E-state index is 13.4. The number of hydrogen-bond donors (Lipinski definition) is 3. The van der Waals surface area contributed by atoms with E-state index < -0.39 is 5.97 Å². The number of carboxylic acid groups (broad SMARTS) is 1. The molecule has 0 spiro atoms. The van der Waals surface area contributed by atoms with Gasteiger partial charge in [0, 0.05) is 42.5 Å². The summed E-state index contributed by atoms with van der Waals surface area (Å²) in [5.74, 6) is -0.198. The fraction of sp³-hybridized carbons (Fsp3) is 0.300. The van der Waals surface area contributed by atoms with E-state index in [9.17, 15) is 14.4 Å². The van der Waals surface area contributed by atoms with Crippen LogP contribution in [0.3, 0.4) is 0 Å². The van der Waals surface area contributed by atoms with E-state index in [-0.39, 0.29) is 40.9 Å². The van der Waals surface area contributed by atoms with Crippen molar-refractivity contribution >= 4 is 23.5 Å². The number of carbonyl (C=O) groups is 3. The van der Waals surface area contributed by atoms with Crippen LogP contribution in [0.2, 0.25) is 0 Å². The Balaban J connectivity index is 1.56. The molecule has 0 saturated carbocycles. The average molecular weight is 545 g/mol. The number of ketones is 1. The number of carbonyl (C=O) groups excluding carboxylic acids is 2. The minimum absolute atomic E-state index is 0.0191. The highest BCUT2D eigenvalue weighted by Gasteiger charge is 2.30. The lowest BCUT2D eigenvalue weighted by Gasteiger charge is -2.24. The number of fused-ring (bicyclic) bond motifs is 1. The molecule has 2 aromatic carbocycles. The molecule has 1 aliphatic rings. The number of ether oxygens (including phenoxy) is 2. The second-order valence-electron chi connectivity index (χ2n) is 10.4. The third kappa shape index (κ3) is 5.80. The Bertz CT molecular complexity index is 1490. The first kappa shape index (κ1) is 28.3. The fourth-order valence-corrected chi connectivity index (χ4v) is 4.47. The van der Waals surface area contributed by atoms with E-state index in [1.54, 1.807) is 35.2 Å². The molecule has 0 unspecified atom stereocenters. The van der Waals surface area contributed by atoms with Crippen LogP contribution in [0.1, 0.15) is 75.5 Å². The number of benzene rings is 2. The van der Waals surface area contributed by atoms with E-state index in [2.05, 4.69) is 10.3 Å². The number of nitrogens with one attached hydrogen (secondary N) is 2. The molecule has 1 aromatic heterocycles. The molecule has 0 aliphatic carbocycles. The van der Waals surface area contributed by atoms with Gasteiger partial charge in [0.05, 0.1) is 24.3 Å². The van der Waals surface area contributed by atoms with Gasteiger partial charge >= 0.3 is 5.97 Å². The average Bonchev–Trinajstić information content (AvgIpc) is 3.21. The molecular weight excluding hydrogens is 512 g/mol. The Labute approximate surface area is 232 Å². The van der Waals surface area contributed by atoms with Crippen LogP contribution in [0, 0.1) is 5.41 Å². The van der Waals surface area contributed by atoms with Crippen LogP contribution < -0.4 is 14.8 Å². The Morgan fingerprint density at radius 3 is 2.40 bits per heavy atom. The first-order chi connectivity index (χ1) is 18.9. The van der Waals surface area contributed by atoms with Gasteiger partial charge in [-0.3, -0.25) is 15.0 Å². The van der Waals surface area contributed by atoms with E-state index in [4.69, 9.17) is 20.0 Å². The highest BCUT2D eigenvalue weighted by molar-refractivity contribution is 6.07. The zero-order valence-corrected chi connectivity index (χ0v) is 23.1. The predicted molar refractivity (Wildman–Crippen MR) is 149 cm³/mol. The van der Waals surface area contributed by atoms with Crippen molar-refractivity contribution in [3.63, 3.8) is 0 Å². The standard InChI is InChI=1S/C30H32N4O6/c1-6-39-25-12-19-15-34(27(31)20(19)13-21(25)28(36)32-5)16-23(35)17-7-9-24(22(11-17)30(2,3)4)40-26-10-8-18(14-33-26)29(37)38/h7-14,31H,6,15-16H2,1-5H3,(H,32,36)(H,37,38). The Morgan fingerprint density at radius 2 is 1.80 bits per heavy atom. The lowest BCUT2D eigenvalue weighted by Crippen LogP contribution is -2.30. The lowest BCUT2D eigenvalue weighted by atomic mass is 9.85. The zero-order valence-electron chi connectivity index (χ0n) is 23.1. The van der Waals surface area contributed by atoms with Crippen LogP contribution in [0.15, 0.2) is 48.7 Å². The molecule has 0 fully saturated rings. The van der Waals surface area contributed by atoms with Crippen molar-refractivity contribution in [2.24, 2.45) is 0 Å². The molecule has 2 heterocycles. The van der Waals surface area contributed by atoms with Gasteiger partial charge in [0.1, 0.15) is 17.3 Å². The summed E-state index contributed by atoms with van der Waals surface area (Å²) in [5, 5.41) is 20.4. The fourth-order valence-electron chi connectivity index (χ4n) is 4.47. The molecule has 3 aromatic rings. The second-order valence-corrected chi connectivity index (χ2v) is 10.4. The van der Waals surface area contributed by atoms with Crippen LogP contribution in [0.25, 0.3) is 0 Å². The smallest absolute Gasteiger partial charge is 0.337 e. The van der Waals surface area contributed by atoms with Crippen LogP contribution in [-0.2, 0) is 12.0 Å². The molecule has 0 radical (unpaired) electrons. The van der Waals surface area contributed by atoms with Crippen LogP contribution in [-0.4, -0.2) is 58.7 Å². The summed E-state index contributed by atoms with van der Waals surface area (Å²) in [5.41, 5.74) is 2.67. The normalized spacial score (nSPS) is 12.6. The summed E-state index contributed by atoms with van der Waals surface area (Å²) in [6.07, 6.45) is 1.23. The van der Waals surface area contributed by atoms with Gasteiger partial charge in [0.15, 0.2) is 5.78 Å². The maximum absolute atomic E-state index is 13.4. The van der Waals surface area contributed by atoms with Crippen molar-refractivity contribution in [1.29, 1.82) is 5.41 Å². The number of nitrogens with zero attached hydrogens (tertiary/aromatic N) is 2. The van der Waals surface area contributed by atoms with Gasteiger partial charge in [-0.05, 0) is 54.3 Å². The molecule has 10 heteroatoms. The molecular formula is C30H32N4O6. The molecule has 0 bridgehead atoms. The summed E-state index contributed by atoms with van der Waals surface area (Å²) < 4.78 is 11.6. The largest absolute Gasteiger partial charge is 0.493 e. The number of carboxylic acids is 1. The first-order valence-electron chi connectivity index (χ1n) is 12.8. The number of amides is 1. The van der Waals surface area contributed by atoms with E-state index in [0.29, 0.717) is 41.3 Å². The van der Waals surface area contributed by atoms with Gasteiger partial charge in [-0.25, -0.2) is 9.78 Å². The van der Waals surface area contributed by atoms with Gasteiger partial charge < -0.3 is 24.8 Å². The maximum Gasteiger partial charge on any atom is 0.337 e. The van der Waals surface area contributed by atoms with Crippen molar-refractivity contribution in [2.45, 2.75) is 39.7 Å². The molecule has 4 rings (SSSR count). The van der Waals surface area contributed by atoms with Crippen molar-refractivity contribution in [3.05, 3.63) is 82.0 Å². The minimum Gasteiger partial charge on any atom is -0.493 e. The van der Waals surface area contributed by atoms with Gasteiger partial charge in [-0.15, -0.1) is 0 Å². The molecule has 3 N–H and O–H groups in total. The number of amidine groups is 1. The van der Waals surface area contributed by atoms with Gasteiger partial charge in [0.2, 0.25) is 5.88 Å². The molecule has 1 amide bonds. The van der Waals surface area contributed by atoms with Gasteiger partial charge in [-0.1, -0.05) is 20.8 Å². The van der Waals surface area contributed by atoms with Crippen molar-refractivity contribution in [2.75, 3.05) is 20.2 Å². The van der Waals surface area contributed by atoms with Gasteiger partial charge in [-0.2, -0.15) is 0 Å². The SMILES string of the molecule is CCOc1cc2c(cc1C(=O)NC)C(=N)N(CC(=O)c1ccc(Oc3ccc(C(=O)O)cn3)c(C(C)(C)C)c1)C2. The van der Waals surface area contributed by atoms with E-state index in [1.165, 1.54) is 25.4 Å². The summed E-state index contributed by atoms with van der Waals surface area (Å²) in [6.45, 7) is 8.54. The van der Waals surface area contributed by atoms with E-state index in [0.717, 1.165) is 11.1 Å². The third-order valence-electron chi connectivity index (χ3n) is 6.55. The summed E-state index contributed by atoms with van der Waals surface area (Å²) in [7, 11) is 1.54. The highest BCUT2D eigenvalue weighted by atomic mass is 16.5. The number of Topliss-reactive ketones (excluding diaryl/α,β-unsaturated/α-hetero) is 1. The highest BCUT2D eigenvalue weighted by Crippen LogP contribution is 2.35. The molecule has 1 aliphatic heterocycles. The monoisotopic (exact) mass is 544 g/mol. The van der Waals surface area contributed by atoms with Crippen molar-refractivity contribution in [3.8, 4) is 17.4 Å². The Kier molecular flexibility index (Phi) is 7.90. The molecule has 0 atom stereocenters. The van der Waals surface area contributed by atoms with Gasteiger partial charge in [0.25, 0.3) is 5.91 Å². The number of aromatic nitrogens is 1. The van der Waals surface area contributed by atoms with E-state index >= 15 is 0 Å². The van der Waals surface area contributed by atoms with Crippen LogP contribution >= 0.6 is 0 Å². The topological polar surface area (TPSA) is 142 Å². The van der Waals surface area contributed by atoms with Crippen molar-refractivity contribution in [1.82, 2.24) is 15.2 Å². The summed E-state index contributed by atoms with van der Waals surface area (Å²) >= 11 is 0. The quantitative estimate of drug-likeness (QED) is 0.331. The molecule has 0 saturated heterocycles. The number of pyridine rings is 1. The molecule has 40 heavy (non-hydrogen) atoms. The number of rotatable bonds is 9.